The Balaban J connectivity index is 3.31. The first-order chi connectivity index (χ1) is 6.43. The van der Waals surface area contributed by atoms with E-state index in [2.05, 4.69) is 4.98 Å². The molecule has 14 heavy (non-hydrogen) atoms. The average Bonchev–Trinajstić information content (AvgIpc) is 2.07. The van der Waals surface area contributed by atoms with E-state index in [0.717, 1.165) is 6.07 Å². The van der Waals surface area contributed by atoms with E-state index >= 15 is 0 Å². The van der Waals surface area contributed by atoms with E-state index < -0.39 is 33.6 Å². The van der Waals surface area contributed by atoms with Crippen LogP contribution in [0, 0.1) is 10.1 Å². The number of aromatic nitrogens is 1. The van der Waals surface area contributed by atoms with E-state index in [-0.39, 0.29) is 0 Å². The maximum absolute atomic E-state index is 12.2. The van der Waals surface area contributed by atoms with Crippen molar-refractivity contribution in [2.24, 2.45) is 0 Å². The molecule has 0 aliphatic carbocycles. The van der Waals surface area contributed by atoms with Gasteiger partial charge in [-0.2, -0.15) is 0 Å². The molecule has 5 nitrogen and oxygen atoms in total. The number of nitro groups is 1. The Bertz CT molecular complexity index is 386. The standard InChI is InChI=1S/C6H4ClF2N3O2/c7-4-2(5(8)9)1-3(10)6(11-4)12(13)14/h1,5H,10H2. The van der Waals surface area contributed by atoms with Crippen LogP contribution in [0.1, 0.15) is 12.0 Å². The molecule has 1 heterocycles. The minimum absolute atomic E-state index is 0.435. The zero-order chi connectivity index (χ0) is 10.9. The number of hydrogen-bond donors (Lipinski definition) is 1. The maximum Gasteiger partial charge on any atom is 0.388 e. The number of hydrogen-bond acceptors (Lipinski definition) is 4. The molecule has 0 fully saturated rings. The van der Waals surface area contributed by atoms with Crippen molar-refractivity contribution < 1.29 is 13.7 Å². The Morgan fingerprint density at radius 1 is 1.64 bits per heavy atom. The molecule has 1 aromatic rings. The second-order valence-electron chi connectivity index (χ2n) is 2.34. The van der Waals surface area contributed by atoms with Gasteiger partial charge in [0.2, 0.25) is 0 Å². The van der Waals surface area contributed by atoms with Crippen molar-refractivity contribution in [3.63, 3.8) is 0 Å². The van der Waals surface area contributed by atoms with Gasteiger partial charge in [-0.1, -0.05) is 0 Å². The third kappa shape index (κ3) is 1.87. The van der Waals surface area contributed by atoms with Crippen molar-refractivity contribution in [2.45, 2.75) is 6.43 Å². The molecule has 0 atom stereocenters. The Morgan fingerprint density at radius 2 is 2.21 bits per heavy atom. The van der Waals surface area contributed by atoms with Gasteiger partial charge in [0.05, 0.1) is 5.56 Å². The molecule has 0 saturated carbocycles. The fourth-order valence-electron chi connectivity index (χ4n) is 0.813. The highest BCUT2D eigenvalue weighted by Gasteiger charge is 2.23. The van der Waals surface area contributed by atoms with Crippen LogP contribution in [0.15, 0.2) is 6.07 Å². The number of nitrogens with two attached hydrogens (primary N) is 1. The molecule has 0 bridgehead atoms. The minimum atomic E-state index is -2.86. The van der Waals surface area contributed by atoms with Crippen LogP contribution >= 0.6 is 11.6 Å². The summed E-state index contributed by atoms with van der Waals surface area (Å²) in [4.78, 5) is 12.5. The molecule has 1 aromatic heterocycles. The molecule has 2 N–H and O–H groups in total. The van der Waals surface area contributed by atoms with E-state index in [1.54, 1.807) is 0 Å². The lowest BCUT2D eigenvalue weighted by Crippen LogP contribution is -2.01. The lowest BCUT2D eigenvalue weighted by atomic mass is 10.2. The summed E-state index contributed by atoms with van der Waals surface area (Å²) in [5.74, 6) is -0.723. The highest BCUT2D eigenvalue weighted by Crippen LogP contribution is 2.31. The van der Waals surface area contributed by atoms with Gasteiger partial charge >= 0.3 is 5.82 Å². The predicted molar refractivity (Wildman–Crippen MR) is 45.3 cm³/mol. The summed E-state index contributed by atoms with van der Waals surface area (Å²) in [5, 5.41) is 9.66. The van der Waals surface area contributed by atoms with Gasteiger partial charge in [-0.05, 0) is 27.6 Å². The summed E-state index contributed by atoms with van der Waals surface area (Å²) in [6.45, 7) is 0. The first-order valence-electron chi connectivity index (χ1n) is 3.32. The topological polar surface area (TPSA) is 82.0 Å². The second-order valence-corrected chi connectivity index (χ2v) is 2.70. The number of rotatable bonds is 2. The fourth-order valence-corrected chi connectivity index (χ4v) is 1.03. The fraction of sp³-hybridized carbons (Fsp3) is 0.167. The van der Waals surface area contributed by atoms with Gasteiger partial charge in [-0.15, -0.1) is 0 Å². The molecule has 1 rings (SSSR count). The number of nitrogens with zero attached hydrogens (tertiary/aromatic N) is 2. The Hall–Kier alpha value is -1.50. The Morgan fingerprint density at radius 3 is 2.64 bits per heavy atom. The summed E-state index contributed by atoms with van der Waals surface area (Å²) in [7, 11) is 0. The first-order valence-corrected chi connectivity index (χ1v) is 3.69. The third-order valence-electron chi connectivity index (χ3n) is 1.42. The van der Waals surface area contributed by atoms with Crippen LogP contribution in [0.5, 0.6) is 0 Å². The van der Waals surface area contributed by atoms with Crippen LogP contribution in [0.4, 0.5) is 20.3 Å². The highest BCUT2D eigenvalue weighted by molar-refractivity contribution is 6.30. The van der Waals surface area contributed by atoms with Crippen LogP contribution in [0.2, 0.25) is 5.15 Å². The molecule has 0 unspecified atom stereocenters. The summed E-state index contributed by atoms with van der Waals surface area (Å²) in [5.41, 5.74) is 4.08. The highest BCUT2D eigenvalue weighted by atomic mass is 35.5. The average molecular weight is 224 g/mol. The molecule has 0 aliphatic rings. The molecule has 8 heteroatoms. The minimum Gasteiger partial charge on any atom is -0.392 e. The lowest BCUT2D eigenvalue weighted by molar-refractivity contribution is -0.388. The summed E-state index contributed by atoms with van der Waals surface area (Å²) in [6, 6.07) is 0.748. The first kappa shape index (κ1) is 10.6. The van der Waals surface area contributed by atoms with Gasteiger partial charge in [0.1, 0.15) is 5.69 Å². The van der Waals surface area contributed by atoms with Crippen LogP contribution in [-0.2, 0) is 0 Å². The van der Waals surface area contributed by atoms with Crippen LogP contribution in [-0.4, -0.2) is 9.91 Å². The van der Waals surface area contributed by atoms with E-state index in [4.69, 9.17) is 17.3 Å². The summed E-state index contributed by atoms with van der Waals surface area (Å²) >= 11 is 5.29. The lowest BCUT2D eigenvalue weighted by Gasteiger charge is -2.01. The molecular formula is C6H4ClF2N3O2. The maximum atomic E-state index is 12.2. The molecule has 0 radical (unpaired) electrons. The van der Waals surface area contributed by atoms with Gasteiger partial charge in [0.15, 0.2) is 0 Å². The van der Waals surface area contributed by atoms with Gasteiger partial charge in [0, 0.05) is 0 Å². The van der Waals surface area contributed by atoms with Gasteiger partial charge in [0.25, 0.3) is 11.6 Å². The molecule has 0 amide bonds. The van der Waals surface area contributed by atoms with Crippen molar-refractivity contribution in [2.75, 3.05) is 5.73 Å². The number of halogens is 3. The Kier molecular flexibility index (Phi) is 2.80. The SMILES string of the molecule is Nc1cc(C(F)F)c(Cl)nc1[N+](=O)[O-]. The van der Waals surface area contributed by atoms with Crippen molar-refractivity contribution >= 4 is 23.1 Å². The van der Waals surface area contributed by atoms with Crippen LogP contribution < -0.4 is 5.73 Å². The number of anilines is 1. The Labute approximate surface area is 81.6 Å². The molecule has 0 aromatic carbocycles. The van der Waals surface area contributed by atoms with E-state index in [1.807, 2.05) is 0 Å². The third-order valence-corrected chi connectivity index (χ3v) is 1.72. The smallest absolute Gasteiger partial charge is 0.388 e. The van der Waals surface area contributed by atoms with Gasteiger partial charge in [-0.25, -0.2) is 8.78 Å². The van der Waals surface area contributed by atoms with Crippen molar-refractivity contribution in [1.82, 2.24) is 4.98 Å². The monoisotopic (exact) mass is 223 g/mol. The van der Waals surface area contributed by atoms with Gasteiger partial charge < -0.3 is 15.8 Å². The number of alkyl halides is 2. The quantitative estimate of drug-likeness (QED) is 0.473. The predicted octanol–water partition coefficient (Wildman–Crippen LogP) is 2.16. The van der Waals surface area contributed by atoms with E-state index in [9.17, 15) is 18.9 Å². The molecule has 0 saturated heterocycles. The zero-order valence-corrected chi connectivity index (χ0v) is 7.33. The number of pyridine rings is 1. The zero-order valence-electron chi connectivity index (χ0n) is 6.58. The normalized spacial score (nSPS) is 10.6. The van der Waals surface area contributed by atoms with Crippen LogP contribution in [0.25, 0.3) is 0 Å². The number of nitrogen functional groups attached to an aromatic ring is 1. The van der Waals surface area contributed by atoms with Crippen molar-refractivity contribution in [3.05, 3.63) is 26.9 Å². The van der Waals surface area contributed by atoms with E-state index in [0.29, 0.717) is 0 Å². The van der Waals surface area contributed by atoms with Crippen molar-refractivity contribution in [3.8, 4) is 0 Å². The molecule has 0 spiro atoms. The molecule has 76 valence electrons. The van der Waals surface area contributed by atoms with Crippen LogP contribution in [0.3, 0.4) is 0 Å². The second kappa shape index (κ2) is 3.70. The van der Waals surface area contributed by atoms with E-state index in [1.165, 1.54) is 0 Å². The van der Waals surface area contributed by atoms with Crippen molar-refractivity contribution in [1.29, 1.82) is 0 Å². The molecule has 0 aliphatic heterocycles. The largest absolute Gasteiger partial charge is 0.392 e. The van der Waals surface area contributed by atoms with Gasteiger partial charge in [-0.3, -0.25) is 0 Å². The summed E-state index contributed by atoms with van der Waals surface area (Å²) < 4.78 is 24.4. The molecular weight excluding hydrogens is 220 g/mol. The summed E-state index contributed by atoms with van der Waals surface area (Å²) in [6.07, 6.45) is -2.86.